The van der Waals surface area contributed by atoms with Crippen molar-refractivity contribution in [3.05, 3.63) is 90.0 Å². The van der Waals surface area contributed by atoms with Crippen LogP contribution in [0.1, 0.15) is 30.5 Å². The monoisotopic (exact) mass is 380 g/mol. The molecule has 2 aromatic rings. The summed E-state index contributed by atoms with van der Waals surface area (Å²) in [5.41, 5.74) is 8.00. The van der Waals surface area contributed by atoms with Crippen molar-refractivity contribution in [3.63, 3.8) is 0 Å². The van der Waals surface area contributed by atoms with Gasteiger partial charge in [-0.1, -0.05) is 98.1 Å². The Bertz CT molecular complexity index is 742. The summed E-state index contributed by atoms with van der Waals surface area (Å²) >= 11 is 0. The van der Waals surface area contributed by atoms with E-state index in [1.54, 1.807) is 17.2 Å². The van der Waals surface area contributed by atoms with Crippen molar-refractivity contribution >= 4 is 14.9 Å². The maximum Gasteiger partial charge on any atom is 2.00 e. The van der Waals surface area contributed by atoms with E-state index in [0.29, 0.717) is 0 Å². The second kappa shape index (κ2) is 10.6. The number of fused-ring (bicyclic) bond motifs is 1. The number of benzene rings is 2. The molecule has 25 heavy (non-hydrogen) atoms. The number of allylic oxidation sites excluding steroid dienone is 4. The van der Waals surface area contributed by atoms with Crippen LogP contribution >= 0.6 is 0 Å². The number of hydrogen-bond acceptors (Lipinski definition) is 0. The molecule has 3 rings (SSSR count). The molecule has 0 N–H and O–H groups in total. The van der Waals surface area contributed by atoms with Gasteiger partial charge in [0, 0.05) is 8.80 Å². The van der Waals surface area contributed by atoms with Crippen molar-refractivity contribution in [2.75, 3.05) is 0 Å². The van der Waals surface area contributed by atoms with Gasteiger partial charge in [-0.05, 0) is 41.6 Å². The average molecular weight is 380 g/mol. The molecular weight excluding hydrogens is 352 g/mol. The van der Waals surface area contributed by atoms with Crippen molar-refractivity contribution in [2.45, 2.75) is 32.5 Å². The van der Waals surface area contributed by atoms with Gasteiger partial charge in [-0.15, -0.1) is 0 Å². The van der Waals surface area contributed by atoms with Crippen molar-refractivity contribution < 1.29 is 21.7 Å². The minimum absolute atomic E-state index is 0. The summed E-state index contributed by atoms with van der Waals surface area (Å²) < 4.78 is 0. The molecule has 1 aliphatic rings. The molecule has 1 atom stereocenters. The normalized spacial score (nSPS) is 15.1. The Morgan fingerprint density at radius 3 is 2.20 bits per heavy atom. The molecule has 0 fully saturated rings. The molecule has 2 aromatic carbocycles. The van der Waals surface area contributed by atoms with Crippen LogP contribution in [-0.2, 0) is 21.7 Å². The van der Waals surface area contributed by atoms with Crippen molar-refractivity contribution in [1.29, 1.82) is 0 Å². The maximum atomic E-state index is 3.46. The summed E-state index contributed by atoms with van der Waals surface area (Å²) in [6.07, 6.45) is 7.99. The van der Waals surface area contributed by atoms with E-state index in [-0.39, 0.29) is 21.7 Å². The van der Waals surface area contributed by atoms with Gasteiger partial charge in [0.1, 0.15) is 0 Å². The quantitative estimate of drug-likeness (QED) is 0.414. The minimum atomic E-state index is -0.701. The van der Waals surface area contributed by atoms with Gasteiger partial charge in [0.05, 0.1) is 0 Å². The number of hydrogen-bond donors (Lipinski definition) is 0. The van der Waals surface area contributed by atoms with Gasteiger partial charge in [0.2, 0.25) is 0 Å². The zero-order chi connectivity index (χ0) is 17.5. The maximum absolute atomic E-state index is 3.46. The van der Waals surface area contributed by atoms with Gasteiger partial charge in [-0.2, -0.15) is 0 Å². The largest absolute Gasteiger partial charge is 2.00 e. The van der Waals surface area contributed by atoms with Crippen molar-refractivity contribution in [2.24, 2.45) is 0 Å². The van der Waals surface area contributed by atoms with E-state index in [1.165, 1.54) is 16.7 Å². The molecule has 0 saturated carbocycles. The Balaban J connectivity index is 0.000000462. The van der Waals surface area contributed by atoms with Crippen molar-refractivity contribution in [3.8, 4) is 11.1 Å². The van der Waals surface area contributed by atoms with Gasteiger partial charge in [0.25, 0.3) is 0 Å². The molecule has 0 aliphatic heterocycles. The third kappa shape index (κ3) is 5.28. The van der Waals surface area contributed by atoms with E-state index in [0.717, 1.165) is 5.54 Å². The first kappa shape index (κ1) is 21.6. The standard InChI is InChI=1S/C18H20Si.C5H8.Ti/c1-13-12-17-15(14-8-5-4-6-9-14)10-7-11-16(17)18(13)19(2)3;1-3-5-4-2;/h4-12,18-19H,1-3H3;3-5H,1H2,2H3;/q;;+2. The number of rotatable bonds is 3. The van der Waals surface area contributed by atoms with Crippen LogP contribution in [0.4, 0.5) is 0 Å². The molecule has 0 nitrogen and oxygen atoms in total. The summed E-state index contributed by atoms with van der Waals surface area (Å²) in [4.78, 5) is 0. The first-order valence-electron chi connectivity index (χ1n) is 8.70. The molecule has 0 aromatic heterocycles. The predicted octanol–water partition coefficient (Wildman–Crippen LogP) is 6.63. The van der Waals surface area contributed by atoms with E-state index in [4.69, 9.17) is 0 Å². The Labute approximate surface area is 169 Å². The molecular formula is C23H28SiTi+2. The van der Waals surface area contributed by atoms with Gasteiger partial charge in [0.15, 0.2) is 0 Å². The molecule has 2 heteroatoms. The van der Waals surface area contributed by atoms with E-state index >= 15 is 0 Å². The Hall–Kier alpha value is -1.41. The minimum Gasteiger partial charge on any atom is -0.0991 e. The zero-order valence-electron chi connectivity index (χ0n) is 15.8. The third-order valence-electron chi connectivity index (χ3n) is 4.42. The molecule has 0 spiro atoms. The average Bonchev–Trinajstić information content (AvgIpc) is 2.93. The first-order valence-corrected chi connectivity index (χ1v) is 11.7. The fourth-order valence-corrected chi connectivity index (χ4v) is 5.63. The topological polar surface area (TPSA) is 0 Å². The summed E-state index contributed by atoms with van der Waals surface area (Å²) in [6, 6.07) is 17.5. The Morgan fingerprint density at radius 1 is 1.00 bits per heavy atom. The van der Waals surface area contributed by atoms with Crippen LogP contribution < -0.4 is 0 Å². The van der Waals surface area contributed by atoms with Gasteiger partial charge >= 0.3 is 21.7 Å². The SMILES string of the molecule is C=CC=CC.CC1=Cc2c(-c3ccccc3)cccc2C1[SiH](C)C.[Ti+2]. The van der Waals surface area contributed by atoms with Crippen LogP contribution in [0.5, 0.6) is 0 Å². The molecule has 0 bridgehead atoms. The summed E-state index contributed by atoms with van der Waals surface area (Å²) in [5, 5.41) is 0. The molecule has 0 heterocycles. The summed E-state index contributed by atoms with van der Waals surface area (Å²) in [7, 11) is -0.701. The van der Waals surface area contributed by atoms with Crippen LogP contribution in [0, 0.1) is 0 Å². The molecule has 0 radical (unpaired) electrons. The fraction of sp³-hybridized carbons (Fsp3) is 0.217. The van der Waals surface area contributed by atoms with Gasteiger partial charge < -0.3 is 0 Å². The van der Waals surface area contributed by atoms with E-state index < -0.39 is 8.80 Å². The van der Waals surface area contributed by atoms with Crippen LogP contribution in [0.3, 0.4) is 0 Å². The third-order valence-corrected chi connectivity index (χ3v) is 6.64. The summed E-state index contributed by atoms with van der Waals surface area (Å²) in [6.45, 7) is 12.6. The van der Waals surface area contributed by atoms with Gasteiger partial charge in [-0.3, -0.25) is 0 Å². The van der Waals surface area contributed by atoms with Crippen LogP contribution in [0.2, 0.25) is 13.1 Å². The van der Waals surface area contributed by atoms with Crippen LogP contribution in [0.25, 0.3) is 17.2 Å². The molecule has 0 amide bonds. The molecule has 126 valence electrons. The Morgan fingerprint density at radius 2 is 1.68 bits per heavy atom. The smallest absolute Gasteiger partial charge is 0.0991 e. The van der Waals surface area contributed by atoms with Crippen LogP contribution in [-0.4, -0.2) is 8.80 Å². The second-order valence-corrected chi connectivity index (χ2v) is 9.70. The fourth-order valence-electron chi connectivity index (χ4n) is 3.47. The van der Waals surface area contributed by atoms with E-state index in [9.17, 15) is 0 Å². The Kier molecular flexibility index (Phi) is 9.13. The zero-order valence-corrected chi connectivity index (χ0v) is 18.5. The van der Waals surface area contributed by atoms with E-state index in [2.05, 4.69) is 81.2 Å². The van der Waals surface area contributed by atoms with Gasteiger partial charge in [-0.25, -0.2) is 0 Å². The van der Waals surface area contributed by atoms with E-state index in [1.807, 2.05) is 19.1 Å². The molecule has 1 unspecified atom stereocenters. The first-order chi connectivity index (χ1) is 11.6. The molecule has 0 saturated heterocycles. The van der Waals surface area contributed by atoms with Crippen molar-refractivity contribution in [1.82, 2.24) is 0 Å². The van der Waals surface area contributed by atoms with Crippen LogP contribution in [0.15, 0.2) is 78.9 Å². The molecule has 1 aliphatic carbocycles. The second-order valence-electron chi connectivity index (χ2n) is 6.55. The summed E-state index contributed by atoms with van der Waals surface area (Å²) in [5.74, 6) is 0. The predicted molar refractivity (Wildman–Crippen MR) is 112 cm³/mol.